The van der Waals surface area contributed by atoms with E-state index >= 15 is 0 Å². The van der Waals surface area contributed by atoms with Gasteiger partial charge in [-0.25, -0.2) is 18.1 Å². The molecule has 0 atom stereocenters. The van der Waals surface area contributed by atoms with Gasteiger partial charge in [0.25, 0.3) is 5.69 Å². The number of nitro benzene ring substituents is 1. The third kappa shape index (κ3) is 5.50. The van der Waals surface area contributed by atoms with E-state index in [0.29, 0.717) is 18.1 Å². The number of ether oxygens (including phenoxy) is 1. The van der Waals surface area contributed by atoms with Gasteiger partial charge in [-0.05, 0) is 29.3 Å². The topological polar surface area (TPSA) is 111 Å². The van der Waals surface area contributed by atoms with Crippen LogP contribution in [0.2, 0.25) is 5.02 Å². The predicted molar refractivity (Wildman–Crippen MR) is 107 cm³/mol. The molecule has 1 aromatic heterocycles. The first-order valence-corrected chi connectivity index (χ1v) is 10.3. The summed E-state index contributed by atoms with van der Waals surface area (Å²) in [6, 6.07) is 16.1. The van der Waals surface area contributed by atoms with Crippen LogP contribution in [0.4, 0.5) is 5.69 Å². The van der Waals surface area contributed by atoms with E-state index < -0.39 is 25.5 Å². The van der Waals surface area contributed by atoms with Crippen LogP contribution in [0, 0.1) is 10.1 Å². The van der Waals surface area contributed by atoms with Crippen molar-refractivity contribution in [2.45, 2.75) is 18.0 Å². The maximum Gasteiger partial charge on any atom is 0.290 e. The average molecular weight is 434 g/mol. The molecule has 8 nitrogen and oxygen atoms in total. The van der Waals surface area contributed by atoms with Gasteiger partial charge in [0, 0.05) is 29.9 Å². The van der Waals surface area contributed by atoms with Gasteiger partial charge in [0.05, 0.1) is 4.92 Å². The molecule has 150 valence electrons. The van der Waals surface area contributed by atoms with Gasteiger partial charge in [-0.2, -0.15) is 0 Å². The standard InChI is InChI=1S/C19H16ClN3O5S/c20-16-6-7-18(17(11-16)23(24)25)29(26,27)22-12-15-8-9-21-19(10-15)28-13-14-4-2-1-3-5-14/h1-11,22H,12-13H2. The zero-order valence-corrected chi connectivity index (χ0v) is 16.6. The molecule has 1 heterocycles. The lowest BCUT2D eigenvalue weighted by Gasteiger charge is -2.09. The Morgan fingerprint density at radius 2 is 1.83 bits per heavy atom. The van der Waals surface area contributed by atoms with Gasteiger partial charge < -0.3 is 4.74 Å². The summed E-state index contributed by atoms with van der Waals surface area (Å²) in [6.45, 7) is 0.228. The molecule has 2 aromatic carbocycles. The Hall–Kier alpha value is -3.01. The van der Waals surface area contributed by atoms with E-state index in [2.05, 4.69) is 9.71 Å². The van der Waals surface area contributed by atoms with Crippen LogP contribution in [0.3, 0.4) is 0 Å². The zero-order chi connectivity index (χ0) is 20.9. The highest BCUT2D eigenvalue weighted by Crippen LogP contribution is 2.27. The summed E-state index contributed by atoms with van der Waals surface area (Å²) in [5, 5.41) is 11.2. The number of halogens is 1. The summed E-state index contributed by atoms with van der Waals surface area (Å²) in [5.41, 5.74) is 0.963. The molecule has 10 heteroatoms. The Bertz CT molecular complexity index is 1120. The highest BCUT2D eigenvalue weighted by molar-refractivity contribution is 7.89. The fourth-order valence-electron chi connectivity index (χ4n) is 2.49. The van der Waals surface area contributed by atoms with Crippen molar-refractivity contribution in [2.75, 3.05) is 0 Å². The number of aromatic nitrogens is 1. The minimum absolute atomic E-state index is 0.0741. The first-order chi connectivity index (χ1) is 13.8. The van der Waals surface area contributed by atoms with Crippen LogP contribution in [-0.2, 0) is 23.2 Å². The Morgan fingerprint density at radius 3 is 2.55 bits per heavy atom. The summed E-state index contributed by atoms with van der Waals surface area (Å²) < 4.78 is 33.0. The number of rotatable bonds is 8. The van der Waals surface area contributed by atoms with Crippen molar-refractivity contribution in [3.8, 4) is 5.88 Å². The van der Waals surface area contributed by atoms with Crippen LogP contribution >= 0.6 is 11.6 Å². The number of hydrogen-bond donors (Lipinski definition) is 1. The van der Waals surface area contributed by atoms with Gasteiger partial charge in [0.2, 0.25) is 15.9 Å². The van der Waals surface area contributed by atoms with Crippen LogP contribution in [0.5, 0.6) is 5.88 Å². The Balaban J connectivity index is 1.70. The monoisotopic (exact) mass is 433 g/mol. The van der Waals surface area contributed by atoms with Gasteiger partial charge in [-0.3, -0.25) is 10.1 Å². The third-order valence-electron chi connectivity index (χ3n) is 3.90. The number of nitrogens with zero attached hydrogens (tertiary/aromatic N) is 2. The second-order valence-corrected chi connectivity index (χ2v) is 8.14. The molecule has 29 heavy (non-hydrogen) atoms. The van der Waals surface area contributed by atoms with Crippen LogP contribution in [-0.4, -0.2) is 18.3 Å². The molecule has 1 N–H and O–H groups in total. The molecule has 3 rings (SSSR count). The molecular formula is C19H16ClN3O5S. The number of benzene rings is 2. The van der Waals surface area contributed by atoms with Crippen LogP contribution in [0.15, 0.2) is 71.8 Å². The normalized spacial score (nSPS) is 11.2. The zero-order valence-electron chi connectivity index (χ0n) is 15.0. The molecule has 0 spiro atoms. The number of pyridine rings is 1. The van der Waals surface area contributed by atoms with E-state index in [-0.39, 0.29) is 11.6 Å². The van der Waals surface area contributed by atoms with E-state index in [0.717, 1.165) is 17.7 Å². The fraction of sp³-hybridized carbons (Fsp3) is 0.105. The second-order valence-electron chi connectivity index (χ2n) is 5.97. The summed E-state index contributed by atoms with van der Waals surface area (Å²) in [5.74, 6) is 0.336. The first-order valence-electron chi connectivity index (χ1n) is 8.40. The number of nitrogens with one attached hydrogen (secondary N) is 1. The van der Waals surface area contributed by atoms with Crippen molar-refractivity contribution >= 4 is 27.3 Å². The molecule has 0 fully saturated rings. The molecule has 0 bridgehead atoms. The highest BCUT2D eigenvalue weighted by Gasteiger charge is 2.25. The van der Waals surface area contributed by atoms with Crippen molar-refractivity contribution < 1.29 is 18.1 Å². The van der Waals surface area contributed by atoms with Gasteiger partial charge in [0.1, 0.15) is 6.61 Å². The van der Waals surface area contributed by atoms with Crippen molar-refractivity contribution in [1.82, 2.24) is 9.71 Å². The van der Waals surface area contributed by atoms with Gasteiger partial charge in [-0.1, -0.05) is 41.9 Å². The van der Waals surface area contributed by atoms with E-state index in [9.17, 15) is 18.5 Å². The number of hydrogen-bond acceptors (Lipinski definition) is 6. The highest BCUT2D eigenvalue weighted by atomic mass is 35.5. The largest absolute Gasteiger partial charge is 0.473 e. The summed E-state index contributed by atoms with van der Waals surface area (Å²) >= 11 is 5.73. The van der Waals surface area contributed by atoms with Crippen molar-refractivity contribution in [2.24, 2.45) is 0 Å². The molecule has 0 radical (unpaired) electrons. The molecule has 0 aliphatic rings. The Labute approximate surface area is 172 Å². The SMILES string of the molecule is O=[N+]([O-])c1cc(Cl)ccc1S(=O)(=O)NCc1ccnc(OCc2ccccc2)c1. The van der Waals surface area contributed by atoms with Crippen LogP contribution < -0.4 is 9.46 Å². The lowest BCUT2D eigenvalue weighted by Crippen LogP contribution is -2.24. The molecule has 0 saturated heterocycles. The second kappa shape index (κ2) is 8.99. The minimum Gasteiger partial charge on any atom is -0.473 e. The summed E-state index contributed by atoms with van der Waals surface area (Å²) in [7, 11) is -4.13. The number of sulfonamides is 1. The first kappa shape index (κ1) is 20.7. The molecule has 0 aliphatic carbocycles. The Morgan fingerprint density at radius 1 is 1.07 bits per heavy atom. The van der Waals surface area contributed by atoms with E-state index in [1.807, 2.05) is 30.3 Å². The van der Waals surface area contributed by atoms with Gasteiger partial charge in [-0.15, -0.1) is 0 Å². The quantitative estimate of drug-likeness (QED) is 0.428. The molecule has 0 aliphatic heterocycles. The maximum atomic E-state index is 12.5. The smallest absolute Gasteiger partial charge is 0.290 e. The molecule has 0 saturated carbocycles. The van der Waals surface area contributed by atoms with E-state index in [1.54, 1.807) is 12.1 Å². The lowest BCUT2D eigenvalue weighted by molar-refractivity contribution is -0.387. The summed E-state index contributed by atoms with van der Waals surface area (Å²) in [4.78, 5) is 14.0. The number of nitro groups is 1. The molecule has 0 unspecified atom stereocenters. The predicted octanol–water partition coefficient (Wildman–Crippen LogP) is 3.70. The van der Waals surface area contributed by atoms with Crippen molar-refractivity contribution in [3.05, 3.63) is 93.1 Å². The van der Waals surface area contributed by atoms with E-state index in [1.165, 1.54) is 12.3 Å². The van der Waals surface area contributed by atoms with Gasteiger partial charge >= 0.3 is 0 Å². The minimum atomic E-state index is -4.13. The maximum absolute atomic E-state index is 12.5. The summed E-state index contributed by atoms with van der Waals surface area (Å²) in [6.07, 6.45) is 1.49. The Kier molecular flexibility index (Phi) is 6.42. The molecule has 3 aromatic rings. The van der Waals surface area contributed by atoms with Crippen molar-refractivity contribution in [3.63, 3.8) is 0 Å². The van der Waals surface area contributed by atoms with Gasteiger partial charge in [0.15, 0.2) is 4.90 Å². The molecular weight excluding hydrogens is 418 g/mol. The molecule has 0 amide bonds. The fourth-order valence-corrected chi connectivity index (χ4v) is 3.82. The average Bonchev–Trinajstić information content (AvgIpc) is 2.71. The van der Waals surface area contributed by atoms with Crippen molar-refractivity contribution in [1.29, 1.82) is 0 Å². The van der Waals surface area contributed by atoms with E-state index in [4.69, 9.17) is 16.3 Å². The lowest BCUT2D eigenvalue weighted by atomic mass is 10.2. The van der Waals surface area contributed by atoms with Crippen LogP contribution in [0.25, 0.3) is 0 Å². The van der Waals surface area contributed by atoms with Crippen LogP contribution in [0.1, 0.15) is 11.1 Å². The third-order valence-corrected chi connectivity index (χ3v) is 5.59.